The summed E-state index contributed by atoms with van der Waals surface area (Å²) in [5.74, 6) is 0. The molecule has 33 heavy (non-hydrogen) atoms. The first-order valence-corrected chi connectivity index (χ1v) is 13.4. The molecule has 0 spiro atoms. The monoisotopic (exact) mass is 636 g/mol. The molecule has 0 saturated carbocycles. The molecule has 0 radical (unpaired) electrons. The summed E-state index contributed by atoms with van der Waals surface area (Å²) in [7, 11) is -8.69. The molecule has 3 rings (SSSR count). The van der Waals surface area contributed by atoms with Crippen LogP contribution < -0.4 is 51.4 Å². The normalized spacial score (nSPS) is 12.2. The molecule has 166 valence electrons. The fraction of sp³-hybridized carbons (Fsp3) is 0. The van der Waals surface area contributed by atoms with E-state index < -0.39 is 20.2 Å². The molecule has 3 aromatic rings. The van der Waals surface area contributed by atoms with Gasteiger partial charge in [-0.05, 0) is 58.7 Å². The van der Waals surface area contributed by atoms with Gasteiger partial charge < -0.3 is 4.55 Å². The van der Waals surface area contributed by atoms with Gasteiger partial charge in [0.05, 0.1) is 9.79 Å². The number of hydrogen-bond acceptors (Lipinski definition) is 5. The van der Waals surface area contributed by atoms with Crippen LogP contribution in [0.3, 0.4) is 0 Å². The van der Waals surface area contributed by atoms with E-state index in [1.54, 1.807) is 36.4 Å². The summed E-state index contributed by atoms with van der Waals surface area (Å²) < 4.78 is 66.0. The van der Waals surface area contributed by atoms with Crippen LogP contribution in [0.4, 0.5) is 0 Å². The quantitative estimate of drug-likeness (QED) is 0.253. The first-order valence-electron chi connectivity index (χ1n) is 8.92. The van der Waals surface area contributed by atoms with Gasteiger partial charge in [0.25, 0.3) is 10.1 Å². The predicted octanol–water partition coefficient (Wildman–Crippen LogP) is 2.71. The summed E-state index contributed by atoms with van der Waals surface area (Å²) in [6, 6.07) is 15.3. The van der Waals surface area contributed by atoms with Gasteiger partial charge in [0, 0.05) is 8.95 Å². The van der Waals surface area contributed by atoms with Gasteiger partial charge in [-0.3, -0.25) is 4.55 Å². The topological polar surface area (TPSA) is 112 Å². The molecule has 11 heteroatoms. The summed E-state index contributed by atoms with van der Waals surface area (Å²) in [6.07, 6.45) is 7.30. The molecule has 0 atom stereocenters. The van der Waals surface area contributed by atoms with Crippen LogP contribution in [0.2, 0.25) is 0 Å². The van der Waals surface area contributed by atoms with Gasteiger partial charge >= 0.3 is 51.4 Å². The minimum atomic E-state index is -4.47. The summed E-state index contributed by atoms with van der Waals surface area (Å²) in [6.45, 7) is 0. The zero-order valence-corrected chi connectivity index (χ0v) is 25.1. The molecule has 0 aliphatic heterocycles. The molecule has 0 aromatic heterocycles. The molecule has 0 saturated heterocycles. The van der Waals surface area contributed by atoms with E-state index in [0.29, 0.717) is 0 Å². The maximum Gasteiger partial charge on any atom is 1.00 e. The van der Waals surface area contributed by atoms with Crippen molar-refractivity contribution < 1.29 is 77.3 Å². The van der Waals surface area contributed by atoms with Gasteiger partial charge in [0.2, 0.25) is 0 Å². The van der Waals surface area contributed by atoms with Crippen LogP contribution in [-0.2, 0) is 20.2 Å². The van der Waals surface area contributed by atoms with Crippen LogP contribution in [0.15, 0.2) is 79.4 Å². The molecule has 0 unspecified atom stereocenters. The van der Waals surface area contributed by atoms with E-state index in [2.05, 4.69) is 31.9 Å². The fourth-order valence-electron chi connectivity index (χ4n) is 2.70. The molecule has 0 aliphatic carbocycles. The van der Waals surface area contributed by atoms with Crippen molar-refractivity contribution in [2.75, 3.05) is 0 Å². The third kappa shape index (κ3) is 8.32. The maximum atomic E-state index is 11.1. The molecular formula is C22H15Br2KO6S2. The van der Waals surface area contributed by atoms with E-state index in [4.69, 9.17) is 4.55 Å². The van der Waals surface area contributed by atoms with Crippen molar-refractivity contribution in [3.8, 4) is 0 Å². The Hall–Kier alpha value is -0.444. The Balaban J connectivity index is 0.00000385. The maximum absolute atomic E-state index is 11.1. The minimum absolute atomic E-state index is 0. The van der Waals surface area contributed by atoms with Gasteiger partial charge in [0.15, 0.2) is 0 Å². The Bertz CT molecular complexity index is 1300. The van der Waals surface area contributed by atoms with Crippen molar-refractivity contribution in [1.82, 2.24) is 0 Å². The first kappa shape index (κ1) is 28.8. The smallest absolute Gasteiger partial charge is 0.744 e. The minimum Gasteiger partial charge on any atom is -0.744 e. The van der Waals surface area contributed by atoms with E-state index >= 15 is 0 Å². The second-order valence-corrected chi connectivity index (χ2v) is 11.1. The van der Waals surface area contributed by atoms with Gasteiger partial charge in [-0.25, -0.2) is 8.42 Å². The molecule has 1 N–H and O–H groups in total. The fourth-order valence-corrected chi connectivity index (χ4v) is 4.64. The first-order chi connectivity index (χ1) is 14.9. The van der Waals surface area contributed by atoms with Gasteiger partial charge in [0.1, 0.15) is 10.1 Å². The molecule has 3 aromatic carbocycles. The Morgan fingerprint density at radius 2 is 1.03 bits per heavy atom. The Morgan fingerprint density at radius 1 is 0.667 bits per heavy atom. The van der Waals surface area contributed by atoms with Crippen LogP contribution in [-0.4, -0.2) is 25.9 Å². The van der Waals surface area contributed by atoms with Crippen molar-refractivity contribution in [2.24, 2.45) is 0 Å². The van der Waals surface area contributed by atoms with Gasteiger partial charge in [-0.1, -0.05) is 80.4 Å². The Kier molecular flexibility index (Phi) is 10.5. The molecule has 0 bridgehead atoms. The largest absolute Gasteiger partial charge is 1.00 e. The van der Waals surface area contributed by atoms with E-state index in [0.717, 1.165) is 31.2 Å². The van der Waals surface area contributed by atoms with Crippen molar-refractivity contribution in [3.63, 3.8) is 0 Å². The van der Waals surface area contributed by atoms with Crippen molar-refractivity contribution >= 4 is 76.4 Å². The molecule has 0 amide bonds. The van der Waals surface area contributed by atoms with E-state index in [1.165, 1.54) is 24.3 Å². The van der Waals surface area contributed by atoms with Crippen LogP contribution in [0.1, 0.15) is 22.3 Å². The zero-order valence-electron chi connectivity index (χ0n) is 17.1. The molecule has 0 fully saturated rings. The standard InChI is InChI=1S/C22H16Br2O6S2.K/c23-21-14-18(8-2-16-5-11-20(12-6-16)32(28,29)30)22(24)13-17(21)7-1-15-3-9-19(10-4-15)31(25,26)27;/h1-14H,(H,25,26,27)(H,28,29,30);/q;+1/p-1/b7-1+,8-2+;. The van der Waals surface area contributed by atoms with E-state index in [1.807, 2.05) is 24.3 Å². The summed E-state index contributed by atoms with van der Waals surface area (Å²) in [5, 5.41) is 0. The van der Waals surface area contributed by atoms with E-state index in [-0.39, 0.29) is 61.2 Å². The zero-order chi connectivity index (χ0) is 23.5. The number of rotatable bonds is 6. The molecule has 6 nitrogen and oxygen atoms in total. The number of halogens is 2. The van der Waals surface area contributed by atoms with E-state index in [9.17, 15) is 21.4 Å². The average Bonchev–Trinajstić information content (AvgIpc) is 2.72. The second kappa shape index (κ2) is 12.0. The summed E-state index contributed by atoms with van der Waals surface area (Å²) in [4.78, 5) is -0.443. The van der Waals surface area contributed by atoms with Crippen LogP contribution in [0.25, 0.3) is 24.3 Å². The van der Waals surface area contributed by atoms with Crippen LogP contribution >= 0.6 is 31.9 Å². The van der Waals surface area contributed by atoms with Crippen LogP contribution in [0, 0.1) is 0 Å². The number of benzene rings is 3. The Morgan fingerprint density at radius 3 is 1.36 bits per heavy atom. The van der Waals surface area contributed by atoms with Crippen molar-refractivity contribution in [1.29, 1.82) is 0 Å². The summed E-state index contributed by atoms with van der Waals surface area (Å²) in [5.41, 5.74) is 3.23. The predicted molar refractivity (Wildman–Crippen MR) is 130 cm³/mol. The van der Waals surface area contributed by atoms with Gasteiger partial charge in [-0.2, -0.15) is 8.42 Å². The molecule has 0 aliphatic rings. The summed E-state index contributed by atoms with van der Waals surface area (Å²) >= 11 is 7.06. The Labute approximate surface area is 252 Å². The van der Waals surface area contributed by atoms with Crippen LogP contribution in [0.5, 0.6) is 0 Å². The third-order valence-corrected chi connectivity index (χ3v) is 7.46. The molecule has 0 heterocycles. The SMILES string of the molecule is O=S(=O)([O-])c1ccc(/C=C/c2cc(Br)c(/C=C/c3ccc(S(=O)(=O)O)cc3)cc2Br)cc1.[K+]. The molecular weight excluding hydrogens is 623 g/mol. The number of hydrogen-bond donors (Lipinski definition) is 1. The van der Waals surface area contributed by atoms with Crippen molar-refractivity contribution in [3.05, 3.63) is 91.9 Å². The second-order valence-electron chi connectivity index (χ2n) is 6.63. The average molecular weight is 638 g/mol. The third-order valence-electron chi connectivity index (χ3n) is 4.37. The van der Waals surface area contributed by atoms with Crippen molar-refractivity contribution in [2.45, 2.75) is 9.79 Å². The van der Waals surface area contributed by atoms with Gasteiger partial charge in [-0.15, -0.1) is 0 Å².